The van der Waals surface area contributed by atoms with Crippen molar-refractivity contribution in [3.63, 3.8) is 0 Å². The van der Waals surface area contributed by atoms with E-state index in [1.54, 1.807) is 16.4 Å². The van der Waals surface area contributed by atoms with Gasteiger partial charge in [0.25, 0.3) is 10.0 Å². The zero-order chi connectivity index (χ0) is 16.4. The van der Waals surface area contributed by atoms with Crippen LogP contribution >= 0.6 is 34.7 Å². The minimum Gasteiger partial charge on any atom is -0.206 e. The Kier molecular flexibility index (Phi) is 5.38. The van der Waals surface area contributed by atoms with E-state index in [1.165, 1.54) is 11.1 Å². The average Bonchev–Trinajstić information content (AvgIpc) is 2.82. The predicted molar refractivity (Wildman–Crippen MR) is 99.1 cm³/mol. The molecule has 3 nitrogen and oxygen atoms in total. The van der Waals surface area contributed by atoms with Gasteiger partial charge in [0.1, 0.15) is 4.21 Å². The van der Waals surface area contributed by atoms with Crippen molar-refractivity contribution in [2.45, 2.75) is 22.8 Å². The maximum absolute atomic E-state index is 12.7. The fourth-order valence-corrected chi connectivity index (χ4v) is 7.29. The molecule has 1 aliphatic rings. The van der Waals surface area contributed by atoms with Crippen molar-refractivity contribution in [2.75, 3.05) is 18.8 Å². The summed E-state index contributed by atoms with van der Waals surface area (Å²) in [6.07, 6.45) is 0.827. The first kappa shape index (κ1) is 17.3. The standard InChI is InChI=1S/C16H18ClNO2S3/c1-12-4-2-3-5-13(12)14-8-9-18(10-11-21-14)23(19,20)16-7-6-15(17)22-16/h2-7,14H,8-11H2,1H3. The van der Waals surface area contributed by atoms with E-state index in [0.29, 0.717) is 26.9 Å². The van der Waals surface area contributed by atoms with Crippen LogP contribution in [0.15, 0.2) is 40.6 Å². The SMILES string of the molecule is Cc1ccccc1C1CCN(S(=O)(=O)c2ccc(Cl)s2)CCS1. The number of halogens is 1. The summed E-state index contributed by atoms with van der Waals surface area (Å²) >= 11 is 8.86. The van der Waals surface area contributed by atoms with Gasteiger partial charge in [0, 0.05) is 24.1 Å². The van der Waals surface area contributed by atoms with Crippen molar-refractivity contribution in [2.24, 2.45) is 0 Å². The molecule has 1 saturated heterocycles. The third-order valence-corrected chi connectivity index (χ3v) is 8.89. The summed E-state index contributed by atoms with van der Waals surface area (Å²) in [5.41, 5.74) is 2.59. The van der Waals surface area contributed by atoms with Gasteiger partial charge in [-0.1, -0.05) is 35.9 Å². The lowest BCUT2D eigenvalue weighted by molar-refractivity contribution is 0.429. The lowest BCUT2D eigenvalue weighted by Gasteiger charge is -2.19. The number of benzene rings is 1. The number of nitrogens with zero attached hydrogens (tertiary/aromatic N) is 1. The lowest BCUT2D eigenvalue weighted by Crippen LogP contribution is -2.32. The molecular weight excluding hydrogens is 370 g/mol. The topological polar surface area (TPSA) is 37.4 Å². The van der Waals surface area contributed by atoms with Crippen LogP contribution in [0, 0.1) is 6.92 Å². The first-order valence-electron chi connectivity index (χ1n) is 7.41. The molecule has 23 heavy (non-hydrogen) atoms. The second-order valence-electron chi connectivity index (χ2n) is 5.47. The molecule has 1 aromatic heterocycles. The van der Waals surface area contributed by atoms with Gasteiger partial charge < -0.3 is 0 Å². The monoisotopic (exact) mass is 387 g/mol. The average molecular weight is 388 g/mol. The Hall–Kier alpha value is -0.530. The first-order valence-corrected chi connectivity index (χ1v) is 11.1. The number of aryl methyl sites for hydroxylation is 1. The largest absolute Gasteiger partial charge is 0.252 e. The van der Waals surface area contributed by atoms with Gasteiger partial charge in [-0.25, -0.2) is 8.42 Å². The van der Waals surface area contributed by atoms with E-state index in [2.05, 4.69) is 25.1 Å². The fraction of sp³-hybridized carbons (Fsp3) is 0.375. The fourth-order valence-electron chi connectivity index (χ4n) is 2.75. The lowest BCUT2D eigenvalue weighted by atomic mass is 10.0. The van der Waals surface area contributed by atoms with Crippen LogP contribution in [0.3, 0.4) is 0 Å². The Morgan fingerprint density at radius 3 is 2.65 bits per heavy atom. The van der Waals surface area contributed by atoms with Gasteiger partial charge in [-0.2, -0.15) is 16.1 Å². The number of thiophene rings is 1. The van der Waals surface area contributed by atoms with Gasteiger partial charge in [0.15, 0.2) is 0 Å². The van der Waals surface area contributed by atoms with Crippen LogP contribution in [0.25, 0.3) is 0 Å². The molecule has 3 rings (SSSR count). The number of rotatable bonds is 3. The molecule has 7 heteroatoms. The number of sulfonamides is 1. The highest BCUT2D eigenvalue weighted by molar-refractivity contribution is 7.99. The van der Waals surface area contributed by atoms with Gasteiger partial charge in [0.2, 0.25) is 0 Å². The zero-order valence-electron chi connectivity index (χ0n) is 12.7. The highest BCUT2D eigenvalue weighted by Gasteiger charge is 2.29. The van der Waals surface area contributed by atoms with E-state index < -0.39 is 10.0 Å². The molecule has 1 atom stereocenters. The first-order chi connectivity index (χ1) is 11.0. The summed E-state index contributed by atoms with van der Waals surface area (Å²) in [5.74, 6) is 0.803. The molecule has 1 aromatic carbocycles. The van der Waals surface area contributed by atoms with Crippen molar-refractivity contribution in [3.8, 4) is 0 Å². The second-order valence-corrected chi connectivity index (χ2v) is 10.7. The van der Waals surface area contributed by atoms with Crippen LogP contribution in [0.1, 0.15) is 22.8 Å². The molecular formula is C16H18ClNO2S3. The van der Waals surface area contributed by atoms with Crippen LogP contribution in [0.2, 0.25) is 4.34 Å². The van der Waals surface area contributed by atoms with Gasteiger partial charge >= 0.3 is 0 Å². The van der Waals surface area contributed by atoms with E-state index >= 15 is 0 Å². The highest BCUT2D eigenvalue weighted by Crippen LogP contribution is 2.37. The van der Waals surface area contributed by atoms with Crippen LogP contribution in [-0.2, 0) is 10.0 Å². The Morgan fingerprint density at radius 2 is 1.96 bits per heavy atom. The molecule has 1 fully saturated rings. The molecule has 1 unspecified atom stereocenters. The highest BCUT2D eigenvalue weighted by atomic mass is 35.5. The summed E-state index contributed by atoms with van der Waals surface area (Å²) in [4.78, 5) is 0. The van der Waals surface area contributed by atoms with Crippen molar-refractivity contribution < 1.29 is 8.42 Å². The second kappa shape index (κ2) is 7.15. The Balaban J connectivity index is 1.78. The minimum absolute atomic E-state index is 0.335. The van der Waals surface area contributed by atoms with Crippen molar-refractivity contribution in [3.05, 3.63) is 51.9 Å². The minimum atomic E-state index is -3.43. The molecule has 1 aliphatic heterocycles. The van der Waals surface area contributed by atoms with Crippen molar-refractivity contribution in [1.29, 1.82) is 0 Å². The third-order valence-electron chi connectivity index (χ3n) is 3.98. The predicted octanol–water partition coefficient (Wildman–Crippen LogP) is 4.58. The number of hydrogen-bond donors (Lipinski definition) is 0. The summed E-state index contributed by atoms with van der Waals surface area (Å²) in [6, 6.07) is 11.6. The third kappa shape index (κ3) is 3.77. The van der Waals surface area contributed by atoms with Gasteiger partial charge in [-0.05, 0) is 36.6 Å². The summed E-state index contributed by atoms with van der Waals surface area (Å²) in [6.45, 7) is 3.21. The van der Waals surface area contributed by atoms with Gasteiger partial charge in [-0.15, -0.1) is 11.3 Å². The summed E-state index contributed by atoms with van der Waals surface area (Å²) in [7, 11) is -3.43. The van der Waals surface area contributed by atoms with E-state index in [9.17, 15) is 8.42 Å². The maximum Gasteiger partial charge on any atom is 0.252 e. The van der Waals surface area contributed by atoms with Gasteiger partial charge in [-0.3, -0.25) is 0 Å². The van der Waals surface area contributed by atoms with Crippen LogP contribution in [-0.4, -0.2) is 31.6 Å². The molecule has 0 bridgehead atoms. The van der Waals surface area contributed by atoms with Crippen LogP contribution < -0.4 is 0 Å². The van der Waals surface area contributed by atoms with E-state index in [0.717, 1.165) is 23.5 Å². The molecule has 0 spiro atoms. The smallest absolute Gasteiger partial charge is 0.206 e. The van der Waals surface area contributed by atoms with Crippen LogP contribution in [0.5, 0.6) is 0 Å². The molecule has 0 aliphatic carbocycles. The Labute approximate surface area is 150 Å². The summed E-state index contributed by atoms with van der Waals surface area (Å²) in [5, 5.41) is 0.350. The number of thioether (sulfide) groups is 1. The molecule has 0 saturated carbocycles. The molecule has 0 amide bonds. The van der Waals surface area contributed by atoms with E-state index in [-0.39, 0.29) is 0 Å². The van der Waals surface area contributed by atoms with Gasteiger partial charge in [0.05, 0.1) is 4.34 Å². The maximum atomic E-state index is 12.7. The molecule has 0 N–H and O–H groups in total. The van der Waals surface area contributed by atoms with E-state index in [1.807, 2.05) is 17.8 Å². The molecule has 2 heterocycles. The Morgan fingerprint density at radius 1 is 1.17 bits per heavy atom. The number of hydrogen-bond acceptors (Lipinski definition) is 4. The summed E-state index contributed by atoms with van der Waals surface area (Å²) < 4.78 is 27.9. The molecule has 2 aromatic rings. The van der Waals surface area contributed by atoms with Crippen LogP contribution in [0.4, 0.5) is 0 Å². The van der Waals surface area contributed by atoms with Crippen molar-refractivity contribution in [1.82, 2.24) is 4.31 Å². The molecule has 0 radical (unpaired) electrons. The normalized spacial score (nSPS) is 20.3. The Bertz CT molecular complexity index is 788. The van der Waals surface area contributed by atoms with Crippen molar-refractivity contribution >= 4 is 44.7 Å². The molecule has 124 valence electrons. The van der Waals surface area contributed by atoms with E-state index in [4.69, 9.17) is 11.6 Å². The quantitative estimate of drug-likeness (QED) is 0.773. The zero-order valence-corrected chi connectivity index (χ0v) is 15.9.